The van der Waals surface area contributed by atoms with E-state index in [4.69, 9.17) is 0 Å². The van der Waals surface area contributed by atoms with Gasteiger partial charge in [-0.05, 0) is 71.6 Å². The fourth-order valence-corrected chi connectivity index (χ4v) is 4.19. The Balaban J connectivity index is 1.51. The Hall–Kier alpha value is -4.32. The molecule has 0 aliphatic carbocycles. The van der Waals surface area contributed by atoms with E-state index < -0.39 is 0 Å². The minimum Gasteiger partial charge on any atom is -0.338 e. The van der Waals surface area contributed by atoms with Gasteiger partial charge in [-0.1, -0.05) is 18.2 Å². The molecule has 0 fully saturated rings. The number of nitrogens with one attached hydrogen (secondary N) is 2. The van der Waals surface area contributed by atoms with E-state index in [-0.39, 0.29) is 5.82 Å². The fourth-order valence-electron chi connectivity index (χ4n) is 4.19. The molecule has 0 aliphatic heterocycles. The maximum absolute atomic E-state index is 13.4. The number of aryl methyl sites for hydroxylation is 1. The van der Waals surface area contributed by atoms with Gasteiger partial charge in [0, 0.05) is 34.9 Å². The highest BCUT2D eigenvalue weighted by atomic mass is 19.1. The molecule has 0 aliphatic rings. The van der Waals surface area contributed by atoms with Crippen LogP contribution in [0.2, 0.25) is 0 Å². The van der Waals surface area contributed by atoms with Crippen LogP contribution >= 0.6 is 0 Å². The molecule has 0 atom stereocenters. The van der Waals surface area contributed by atoms with Crippen molar-refractivity contribution in [2.75, 3.05) is 0 Å². The SMILES string of the molecule is Cc1ccncc1-c1ccc2[nH]nc(-c3cc4c(-c5ccc(F)cc5)ccnc4[nH]3)c2c1. The first kappa shape index (κ1) is 18.4. The summed E-state index contributed by atoms with van der Waals surface area (Å²) in [6.07, 6.45) is 5.45. The van der Waals surface area contributed by atoms with E-state index in [0.717, 1.165) is 55.6 Å². The second-order valence-electron chi connectivity index (χ2n) is 7.83. The zero-order chi connectivity index (χ0) is 21.7. The number of aromatic amines is 2. The lowest BCUT2D eigenvalue weighted by Gasteiger charge is -2.05. The number of aromatic nitrogens is 5. The molecule has 0 spiro atoms. The molecule has 32 heavy (non-hydrogen) atoms. The van der Waals surface area contributed by atoms with Gasteiger partial charge in [-0.25, -0.2) is 9.37 Å². The molecule has 0 amide bonds. The number of H-pyrrole nitrogens is 2. The van der Waals surface area contributed by atoms with Crippen molar-refractivity contribution in [2.45, 2.75) is 6.92 Å². The predicted molar refractivity (Wildman–Crippen MR) is 125 cm³/mol. The molecule has 154 valence electrons. The molecule has 0 unspecified atom stereocenters. The second-order valence-corrected chi connectivity index (χ2v) is 7.83. The van der Waals surface area contributed by atoms with Crippen molar-refractivity contribution in [3.63, 3.8) is 0 Å². The van der Waals surface area contributed by atoms with Crippen LogP contribution in [0.15, 0.2) is 79.3 Å². The van der Waals surface area contributed by atoms with Gasteiger partial charge in [0.25, 0.3) is 0 Å². The number of hydrogen-bond donors (Lipinski definition) is 2. The molecular weight excluding hydrogens is 401 g/mol. The van der Waals surface area contributed by atoms with E-state index in [0.29, 0.717) is 0 Å². The Morgan fingerprint density at radius 3 is 2.50 bits per heavy atom. The lowest BCUT2D eigenvalue weighted by Crippen LogP contribution is -1.85. The highest BCUT2D eigenvalue weighted by molar-refractivity contribution is 6.00. The molecular formula is C26H18FN5. The number of hydrogen-bond acceptors (Lipinski definition) is 3. The molecule has 5 nitrogen and oxygen atoms in total. The van der Waals surface area contributed by atoms with Crippen LogP contribution in [0.25, 0.3) is 55.6 Å². The van der Waals surface area contributed by atoms with Crippen LogP contribution in [0.1, 0.15) is 5.56 Å². The van der Waals surface area contributed by atoms with Crippen LogP contribution in [-0.4, -0.2) is 25.1 Å². The van der Waals surface area contributed by atoms with Crippen LogP contribution in [0.4, 0.5) is 4.39 Å². The molecule has 0 saturated heterocycles. The lowest BCUT2D eigenvalue weighted by molar-refractivity contribution is 0.628. The van der Waals surface area contributed by atoms with Gasteiger partial charge in [-0.2, -0.15) is 5.10 Å². The Morgan fingerprint density at radius 2 is 1.66 bits per heavy atom. The van der Waals surface area contributed by atoms with Gasteiger partial charge >= 0.3 is 0 Å². The second kappa shape index (κ2) is 7.13. The zero-order valence-corrected chi connectivity index (χ0v) is 17.2. The van der Waals surface area contributed by atoms with E-state index in [2.05, 4.69) is 50.3 Å². The van der Waals surface area contributed by atoms with Crippen molar-refractivity contribution in [3.05, 3.63) is 90.6 Å². The number of halogens is 1. The first-order valence-corrected chi connectivity index (χ1v) is 10.3. The van der Waals surface area contributed by atoms with Crippen LogP contribution in [0.3, 0.4) is 0 Å². The smallest absolute Gasteiger partial charge is 0.138 e. The van der Waals surface area contributed by atoms with Crippen molar-refractivity contribution < 1.29 is 4.39 Å². The third kappa shape index (κ3) is 2.96. The van der Waals surface area contributed by atoms with Gasteiger partial charge in [0.15, 0.2) is 0 Å². The average molecular weight is 419 g/mol. The standard InChI is InChI=1S/C26H18FN5/c1-15-8-10-28-14-22(15)17-4-7-23-21(12-17)25(32-31-23)24-13-20-19(9-11-29-26(20)30-24)16-2-5-18(27)6-3-16/h2-14H,1H3,(H,29,30)(H,31,32). The third-order valence-electron chi connectivity index (χ3n) is 5.86. The topological polar surface area (TPSA) is 70.2 Å². The predicted octanol–water partition coefficient (Wildman–Crippen LogP) is 6.28. The van der Waals surface area contributed by atoms with Crippen LogP contribution in [0, 0.1) is 12.7 Å². The number of pyridine rings is 2. The molecule has 0 radical (unpaired) electrons. The average Bonchev–Trinajstić information content (AvgIpc) is 3.43. The fraction of sp³-hybridized carbons (Fsp3) is 0.0385. The molecule has 0 bridgehead atoms. The van der Waals surface area contributed by atoms with E-state index in [1.807, 2.05) is 24.4 Å². The number of fused-ring (bicyclic) bond motifs is 2. The van der Waals surface area contributed by atoms with Gasteiger partial charge in [0.1, 0.15) is 17.2 Å². The molecule has 2 aromatic carbocycles. The lowest BCUT2D eigenvalue weighted by atomic mass is 10.0. The summed E-state index contributed by atoms with van der Waals surface area (Å²) >= 11 is 0. The summed E-state index contributed by atoms with van der Waals surface area (Å²) in [7, 11) is 0. The summed E-state index contributed by atoms with van der Waals surface area (Å²) in [5.74, 6) is -0.253. The van der Waals surface area contributed by atoms with E-state index in [1.165, 1.54) is 17.7 Å². The van der Waals surface area contributed by atoms with Gasteiger partial charge < -0.3 is 4.98 Å². The molecule has 4 heterocycles. The minimum absolute atomic E-state index is 0.253. The quantitative estimate of drug-likeness (QED) is 0.354. The summed E-state index contributed by atoms with van der Waals surface area (Å²) in [5, 5.41) is 9.69. The summed E-state index contributed by atoms with van der Waals surface area (Å²) in [4.78, 5) is 12.2. The van der Waals surface area contributed by atoms with Crippen molar-refractivity contribution in [1.82, 2.24) is 25.1 Å². The maximum Gasteiger partial charge on any atom is 0.138 e. The summed E-state index contributed by atoms with van der Waals surface area (Å²) in [5.41, 5.74) is 8.69. The highest BCUT2D eigenvalue weighted by Crippen LogP contribution is 2.35. The molecule has 0 saturated carbocycles. The Kier molecular flexibility index (Phi) is 4.11. The normalized spacial score (nSPS) is 11.4. The monoisotopic (exact) mass is 419 g/mol. The van der Waals surface area contributed by atoms with Gasteiger partial charge in [0.2, 0.25) is 0 Å². The largest absolute Gasteiger partial charge is 0.338 e. The summed E-state index contributed by atoms with van der Waals surface area (Å²) in [6.45, 7) is 2.08. The summed E-state index contributed by atoms with van der Waals surface area (Å²) in [6, 6.07) is 18.8. The van der Waals surface area contributed by atoms with Crippen LogP contribution in [0.5, 0.6) is 0 Å². The Bertz CT molecular complexity index is 1590. The van der Waals surface area contributed by atoms with Crippen LogP contribution in [-0.2, 0) is 0 Å². The molecule has 2 N–H and O–H groups in total. The Morgan fingerprint density at radius 1 is 0.812 bits per heavy atom. The minimum atomic E-state index is -0.253. The first-order chi connectivity index (χ1) is 15.7. The van der Waals surface area contributed by atoms with E-state index >= 15 is 0 Å². The van der Waals surface area contributed by atoms with Crippen molar-refractivity contribution in [1.29, 1.82) is 0 Å². The van der Waals surface area contributed by atoms with Crippen molar-refractivity contribution in [2.24, 2.45) is 0 Å². The summed E-state index contributed by atoms with van der Waals surface area (Å²) < 4.78 is 13.4. The molecule has 6 aromatic rings. The van der Waals surface area contributed by atoms with Crippen molar-refractivity contribution in [3.8, 4) is 33.6 Å². The molecule has 6 heteroatoms. The number of benzene rings is 2. The van der Waals surface area contributed by atoms with Crippen LogP contribution < -0.4 is 0 Å². The highest BCUT2D eigenvalue weighted by Gasteiger charge is 2.15. The molecule has 6 rings (SSSR count). The Labute approximate surface area is 183 Å². The number of rotatable bonds is 3. The van der Waals surface area contributed by atoms with Gasteiger partial charge in [-0.15, -0.1) is 0 Å². The van der Waals surface area contributed by atoms with Gasteiger partial charge in [-0.3, -0.25) is 10.1 Å². The third-order valence-corrected chi connectivity index (χ3v) is 5.86. The van der Waals surface area contributed by atoms with Crippen molar-refractivity contribution >= 4 is 21.9 Å². The van der Waals surface area contributed by atoms with E-state index in [9.17, 15) is 4.39 Å². The molecule has 4 aromatic heterocycles. The first-order valence-electron chi connectivity index (χ1n) is 10.3. The zero-order valence-electron chi connectivity index (χ0n) is 17.2. The van der Waals surface area contributed by atoms with Gasteiger partial charge in [0.05, 0.1) is 11.2 Å². The van der Waals surface area contributed by atoms with E-state index in [1.54, 1.807) is 24.5 Å². The maximum atomic E-state index is 13.4. The number of nitrogens with zero attached hydrogens (tertiary/aromatic N) is 3.